The molecule has 0 aromatic heterocycles. The molecule has 0 bridgehead atoms. The summed E-state index contributed by atoms with van der Waals surface area (Å²) in [5.74, 6) is -1.07. The van der Waals surface area contributed by atoms with Gasteiger partial charge in [0, 0.05) is 26.0 Å². The quantitative estimate of drug-likeness (QED) is 0.734. The molecule has 0 radical (unpaired) electrons. The third-order valence-corrected chi connectivity index (χ3v) is 3.52. The van der Waals surface area contributed by atoms with E-state index in [4.69, 9.17) is 9.84 Å². The Morgan fingerprint density at radius 1 is 1.35 bits per heavy atom. The SMILES string of the molecule is COC1CC(C(=O)O)N(C(=O)C2CC=CC2)C1. The lowest BCUT2D eigenvalue weighted by molar-refractivity contribution is -0.149. The molecule has 2 atom stereocenters. The number of allylic oxidation sites excluding steroid dienone is 2. The maximum atomic E-state index is 12.2. The van der Waals surface area contributed by atoms with E-state index in [1.54, 1.807) is 7.11 Å². The maximum absolute atomic E-state index is 12.2. The van der Waals surface area contributed by atoms with Crippen LogP contribution < -0.4 is 0 Å². The zero-order valence-electron chi connectivity index (χ0n) is 9.83. The summed E-state index contributed by atoms with van der Waals surface area (Å²) in [7, 11) is 1.55. The van der Waals surface area contributed by atoms with Gasteiger partial charge in [0.2, 0.25) is 5.91 Å². The Morgan fingerprint density at radius 3 is 2.53 bits per heavy atom. The van der Waals surface area contributed by atoms with Gasteiger partial charge in [0.05, 0.1) is 6.10 Å². The highest BCUT2D eigenvalue weighted by molar-refractivity contribution is 5.86. The van der Waals surface area contributed by atoms with Crippen LogP contribution in [-0.2, 0) is 14.3 Å². The van der Waals surface area contributed by atoms with Gasteiger partial charge in [-0.05, 0) is 12.8 Å². The first-order valence-corrected chi connectivity index (χ1v) is 5.84. The van der Waals surface area contributed by atoms with Crippen LogP contribution in [0, 0.1) is 5.92 Å². The lowest BCUT2D eigenvalue weighted by atomic mass is 10.1. The molecule has 1 saturated heterocycles. The van der Waals surface area contributed by atoms with Gasteiger partial charge >= 0.3 is 5.97 Å². The van der Waals surface area contributed by atoms with Crippen molar-refractivity contribution in [1.82, 2.24) is 4.90 Å². The van der Waals surface area contributed by atoms with Gasteiger partial charge in [0.1, 0.15) is 6.04 Å². The Morgan fingerprint density at radius 2 is 2.00 bits per heavy atom. The Kier molecular flexibility index (Phi) is 3.47. The number of hydrogen-bond acceptors (Lipinski definition) is 3. The number of ether oxygens (including phenoxy) is 1. The van der Waals surface area contributed by atoms with Gasteiger partial charge in [0.15, 0.2) is 0 Å². The van der Waals surface area contributed by atoms with Gasteiger partial charge in [-0.1, -0.05) is 12.2 Å². The topological polar surface area (TPSA) is 66.8 Å². The largest absolute Gasteiger partial charge is 0.480 e. The molecule has 1 fully saturated rings. The molecule has 0 aromatic rings. The molecule has 1 amide bonds. The summed E-state index contributed by atoms with van der Waals surface area (Å²) in [6.45, 7) is 0.392. The van der Waals surface area contributed by atoms with E-state index in [0.29, 0.717) is 13.0 Å². The van der Waals surface area contributed by atoms with Crippen LogP contribution in [0.2, 0.25) is 0 Å². The molecule has 0 spiro atoms. The molecule has 1 aliphatic heterocycles. The molecule has 2 aliphatic rings. The fraction of sp³-hybridized carbons (Fsp3) is 0.667. The summed E-state index contributed by atoms with van der Waals surface area (Å²) in [4.78, 5) is 24.8. The summed E-state index contributed by atoms with van der Waals surface area (Å²) >= 11 is 0. The monoisotopic (exact) mass is 239 g/mol. The number of likely N-dealkylation sites (tertiary alicyclic amines) is 1. The summed E-state index contributed by atoms with van der Waals surface area (Å²) in [6.07, 6.45) is 5.62. The fourth-order valence-corrected chi connectivity index (χ4v) is 2.50. The minimum atomic E-state index is -0.941. The lowest BCUT2D eigenvalue weighted by Gasteiger charge is -2.24. The molecule has 94 valence electrons. The molecule has 0 saturated carbocycles. The van der Waals surface area contributed by atoms with Crippen molar-refractivity contribution in [1.29, 1.82) is 0 Å². The van der Waals surface area contributed by atoms with E-state index in [2.05, 4.69) is 0 Å². The number of rotatable bonds is 3. The molecular formula is C12H17NO4. The fourth-order valence-electron chi connectivity index (χ4n) is 2.50. The van der Waals surface area contributed by atoms with Gasteiger partial charge in [-0.2, -0.15) is 0 Å². The average molecular weight is 239 g/mol. The van der Waals surface area contributed by atoms with Crippen LogP contribution in [0.15, 0.2) is 12.2 Å². The molecule has 5 heteroatoms. The second-order valence-corrected chi connectivity index (χ2v) is 4.58. The first-order chi connectivity index (χ1) is 8.13. The van der Waals surface area contributed by atoms with Crippen molar-refractivity contribution in [2.75, 3.05) is 13.7 Å². The van der Waals surface area contributed by atoms with Gasteiger partial charge in [-0.25, -0.2) is 4.79 Å². The Hall–Kier alpha value is -1.36. The van der Waals surface area contributed by atoms with Crippen LogP contribution >= 0.6 is 0 Å². The number of methoxy groups -OCH3 is 1. The lowest BCUT2D eigenvalue weighted by Crippen LogP contribution is -2.43. The number of amides is 1. The van der Waals surface area contributed by atoms with E-state index in [9.17, 15) is 9.59 Å². The predicted octanol–water partition coefficient (Wildman–Crippen LogP) is 0.653. The van der Waals surface area contributed by atoms with E-state index in [1.807, 2.05) is 12.2 Å². The zero-order valence-corrected chi connectivity index (χ0v) is 9.83. The molecule has 1 N–H and O–H groups in total. The van der Waals surface area contributed by atoms with Crippen molar-refractivity contribution in [3.8, 4) is 0 Å². The van der Waals surface area contributed by atoms with Crippen LogP contribution in [0.1, 0.15) is 19.3 Å². The second-order valence-electron chi connectivity index (χ2n) is 4.58. The summed E-state index contributed by atoms with van der Waals surface area (Å²) < 4.78 is 5.16. The minimum absolute atomic E-state index is 0.0537. The van der Waals surface area contributed by atoms with Gasteiger partial charge in [0.25, 0.3) is 0 Å². The Balaban J connectivity index is 2.06. The zero-order chi connectivity index (χ0) is 12.4. The highest BCUT2D eigenvalue weighted by Gasteiger charge is 2.41. The van der Waals surface area contributed by atoms with Crippen LogP contribution in [0.5, 0.6) is 0 Å². The molecule has 1 heterocycles. The average Bonchev–Trinajstić information content (AvgIpc) is 2.97. The summed E-state index contributed by atoms with van der Waals surface area (Å²) in [5, 5.41) is 9.12. The number of carboxylic acid groups (broad SMARTS) is 1. The number of hydrogen-bond donors (Lipinski definition) is 1. The number of nitrogens with zero attached hydrogens (tertiary/aromatic N) is 1. The summed E-state index contributed by atoms with van der Waals surface area (Å²) in [5.41, 5.74) is 0. The van der Waals surface area contributed by atoms with Gasteiger partial charge in [-0.3, -0.25) is 4.79 Å². The minimum Gasteiger partial charge on any atom is -0.480 e. The Labute approximate surface area is 100 Å². The number of aliphatic carboxylic acids is 1. The molecule has 5 nitrogen and oxygen atoms in total. The molecule has 2 unspecified atom stereocenters. The van der Waals surface area contributed by atoms with E-state index in [-0.39, 0.29) is 17.9 Å². The third-order valence-electron chi connectivity index (χ3n) is 3.52. The number of carbonyl (C=O) groups excluding carboxylic acids is 1. The normalized spacial score (nSPS) is 28.9. The number of carbonyl (C=O) groups is 2. The standard InChI is InChI=1S/C12H17NO4/c1-17-9-6-10(12(15)16)13(7-9)11(14)8-4-2-3-5-8/h2-3,8-10H,4-7H2,1H3,(H,15,16). The van der Waals surface area contributed by atoms with Crippen LogP contribution in [0.3, 0.4) is 0 Å². The van der Waals surface area contributed by atoms with Crippen molar-refractivity contribution >= 4 is 11.9 Å². The van der Waals surface area contributed by atoms with Gasteiger partial charge in [-0.15, -0.1) is 0 Å². The highest BCUT2D eigenvalue weighted by atomic mass is 16.5. The number of carboxylic acids is 1. The maximum Gasteiger partial charge on any atom is 0.326 e. The van der Waals surface area contributed by atoms with Crippen molar-refractivity contribution in [3.63, 3.8) is 0 Å². The Bertz CT molecular complexity index is 344. The smallest absolute Gasteiger partial charge is 0.326 e. The van der Waals surface area contributed by atoms with E-state index in [0.717, 1.165) is 12.8 Å². The predicted molar refractivity (Wildman–Crippen MR) is 60.4 cm³/mol. The van der Waals surface area contributed by atoms with E-state index >= 15 is 0 Å². The van der Waals surface area contributed by atoms with Crippen molar-refractivity contribution < 1.29 is 19.4 Å². The summed E-state index contributed by atoms with van der Waals surface area (Å²) in [6, 6.07) is -0.729. The van der Waals surface area contributed by atoms with E-state index in [1.165, 1.54) is 4.90 Å². The molecule has 2 rings (SSSR count). The van der Waals surface area contributed by atoms with Gasteiger partial charge < -0.3 is 14.7 Å². The van der Waals surface area contributed by atoms with Crippen molar-refractivity contribution in [2.24, 2.45) is 5.92 Å². The molecular weight excluding hydrogens is 222 g/mol. The van der Waals surface area contributed by atoms with Crippen LogP contribution in [-0.4, -0.2) is 47.7 Å². The van der Waals surface area contributed by atoms with Crippen LogP contribution in [0.4, 0.5) is 0 Å². The molecule has 1 aliphatic carbocycles. The van der Waals surface area contributed by atoms with Crippen molar-refractivity contribution in [3.05, 3.63) is 12.2 Å². The first kappa shape index (κ1) is 12.1. The van der Waals surface area contributed by atoms with Crippen molar-refractivity contribution in [2.45, 2.75) is 31.4 Å². The van der Waals surface area contributed by atoms with E-state index < -0.39 is 12.0 Å². The highest BCUT2D eigenvalue weighted by Crippen LogP contribution is 2.27. The first-order valence-electron chi connectivity index (χ1n) is 5.84. The molecule has 17 heavy (non-hydrogen) atoms. The molecule has 0 aromatic carbocycles. The second kappa shape index (κ2) is 4.87. The third kappa shape index (κ3) is 2.34. The van der Waals surface area contributed by atoms with Crippen LogP contribution in [0.25, 0.3) is 0 Å².